The molecule has 0 bridgehead atoms. The van der Waals surface area contributed by atoms with Crippen LogP contribution in [0.15, 0.2) is 11.1 Å². The Labute approximate surface area is 79.1 Å². The minimum Gasteiger partial charge on any atom is -0.265 e. The van der Waals surface area contributed by atoms with Gasteiger partial charge >= 0.3 is 0 Å². The molecule has 0 spiro atoms. The summed E-state index contributed by atoms with van der Waals surface area (Å²) in [5.41, 5.74) is 1.24. The molecular weight excluding hydrogens is 186 g/mol. The Morgan fingerprint density at radius 1 is 1.54 bits per heavy atom. The third kappa shape index (κ3) is 1.46. The number of carbonyl (C=O) groups excluding carboxylic acids is 2. The van der Waals surface area contributed by atoms with Gasteiger partial charge in [0.15, 0.2) is 0 Å². The van der Waals surface area contributed by atoms with Crippen molar-refractivity contribution in [3.63, 3.8) is 0 Å². The molecule has 1 aliphatic rings. The average Bonchev–Trinajstić information content (AvgIpc) is 2.61. The largest absolute Gasteiger partial charge is 0.297 e. The van der Waals surface area contributed by atoms with Crippen molar-refractivity contribution in [3.8, 4) is 0 Å². The number of nitrogens with zero attached hydrogens (tertiary/aromatic N) is 1. The van der Waals surface area contributed by atoms with Crippen LogP contribution in [0, 0.1) is 0 Å². The van der Waals surface area contributed by atoms with Crippen molar-refractivity contribution in [1.29, 1.82) is 0 Å². The van der Waals surface area contributed by atoms with Gasteiger partial charge < -0.3 is 0 Å². The quantitative estimate of drug-likeness (QED) is 0.503. The summed E-state index contributed by atoms with van der Waals surface area (Å²) in [6.45, 7) is 0. The molecule has 0 saturated carbocycles. The molecule has 2 rings (SSSR count). The van der Waals surface area contributed by atoms with Gasteiger partial charge in [-0.15, -0.1) is 16.3 Å². The first kappa shape index (κ1) is 8.35. The van der Waals surface area contributed by atoms with Crippen LogP contribution in [-0.2, 0) is 17.6 Å². The number of aryl methyl sites for hydroxylation is 2. The number of amides is 1. The molecule has 0 saturated heterocycles. The molecule has 1 aliphatic carbocycles. The second kappa shape index (κ2) is 3.24. The fourth-order valence-corrected chi connectivity index (χ4v) is 2.67. The minimum atomic E-state index is -0.464. The van der Waals surface area contributed by atoms with Gasteiger partial charge in [-0.2, -0.15) is 0 Å². The van der Waals surface area contributed by atoms with E-state index in [1.165, 1.54) is 34.3 Å². The van der Waals surface area contributed by atoms with Crippen LogP contribution < -0.4 is 0 Å². The average molecular weight is 193 g/mol. The van der Waals surface area contributed by atoms with Crippen molar-refractivity contribution in [2.24, 2.45) is 4.99 Å². The van der Waals surface area contributed by atoms with E-state index in [9.17, 15) is 9.59 Å². The van der Waals surface area contributed by atoms with Gasteiger partial charge in [-0.25, -0.2) is 4.79 Å². The summed E-state index contributed by atoms with van der Waals surface area (Å²) < 4.78 is 0. The normalized spacial score (nSPS) is 13.5. The Kier molecular flexibility index (Phi) is 2.08. The first-order valence-corrected chi connectivity index (χ1v) is 4.86. The predicted molar refractivity (Wildman–Crippen MR) is 48.8 cm³/mol. The summed E-state index contributed by atoms with van der Waals surface area (Å²) >= 11 is 1.45. The molecule has 0 radical (unpaired) electrons. The molecule has 0 N–H and O–H groups in total. The molecule has 3 nitrogen and oxygen atoms in total. The summed E-state index contributed by atoms with van der Waals surface area (Å²) in [6.07, 6.45) is 4.54. The third-order valence-electron chi connectivity index (χ3n) is 2.10. The molecule has 0 atom stereocenters. The monoisotopic (exact) mass is 193 g/mol. The number of carbonyl (C=O) groups is 1. The highest BCUT2D eigenvalue weighted by Crippen LogP contribution is 2.30. The molecule has 0 unspecified atom stereocenters. The number of isocyanates is 1. The Hall–Kier alpha value is -1.25. The van der Waals surface area contributed by atoms with Crippen molar-refractivity contribution < 1.29 is 9.59 Å². The van der Waals surface area contributed by atoms with E-state index in [1.54, 1.807) is 0 Å². The summed E-state index contributed by atoms with van der Waals surface area (Å²) in [4.78, 5) is 25.9. The lowest BCUT2D eigenvalue weighted by atomic mass is 10.2. The molecule has 0 aromatic carbocycles. The van der Waals surface area contributed by atoms with Crippen LogP contribution >= 0.6 is 11.3 Å². The number of fused-ring (bicyclic) bond motifs is 1. The molecule has 0 fully saturated rings. The SMILES string of the molecule is O=C=NC(=O)c1cc2c(s1)CCC2. The van der Waals surface area contributed by atoms with E-state index in [2.05, 4.69) is 4.99 Å². The van der Waals surface area contributed by atoms with E-state index in [1.807, 2.05) is 6.07 Å². The zero-order chi connectivity index (χ0) is 9.26. The Morgan fingerprint density at radius 3 is 3.08 bits per heavy atom. The van der Waals surface area contributed by atoms with E-state index in [-0.39, 0.29) is 0 Å². The molecule has 4 heteroatoms. The fraction of sp³-hybridized carbons (Fsp3) is 0.333. The Balaban J connectivity index is 2.33. The summed E-state index contributed by atoms with van der Waals surface area (Å²) in [5.74, 6) is -0.464. The predicted octanol–water partition coefficient (Wildman–Crippen LogP) is 1.71. The fourth-order valence-electron chi connectivity index (χ4n) is 1.53. The van der Waals surface area contributed by atoms with Crippen molar-refractivity contribution in [2.45, 2.75) is 19.3 Å². The van der Waals surface area contributed by atoms with E-state index in [4.69, 9.17) is 0 Å². The number of aliphatic imine (C=N–C) groups is 1. The number of hydrogen-bond acceptors (Lipinski definition) is 3. The molecule has 1 aromatic rings. The van der Waals surface area contributed by atoms with Crippen LogP contribution in [0.5, 0.6) is 0 Å². The molecule has 66 valence electrons. The van der Waals surface area contributed by atoms with Crippen LogP contribution in [0.1, 0.15) is 26.5 Å². The highest BCUT2D eigenvalue weighted by atomic mass is 32.1. The Morgan fingerprint density at radius 2 is 2.38 bits per heavy atom. The zero-order valence-electron chi connectivity index (χ0n) is 6.87. The van der Waals surface area contributed by atoms with Crippen LogP contribution in [0.2, 0.25) is 0 Å². The maximum Gasteiger partial charge on any atom is 0.297 e. The minimum absolute atomic E-state index is 0.464. The van der Waals surface area contributed by atoms with Crippen molar-refractivity contribution in [1.82, 2.24) is 0 Å². The van der Waals surface area contributed by atoms with Gasteiger partial charge in [-0.3, -0.25) is 4.79 Å². The highest BCUT2D eigenvalue weighted by molar-refractivity contribution is 7.14. The van der Waals surface area contributed by atoms with E-state index < -0.39 is 5.91 Å². The van der Waals surface area contributed by atoms with Crippen LogP contribution in [0.25, 0.3) is 0 Å². The van der Waals surface area contributed by atoms with Gasteiger partial charge in [0, 0.05) is 4.88 Å². The van der Waals surface area contributed by atoms with Crippen molar-refractivity contribution in [3.05, 3.63) is 21.4 Å². The molecule has 1 heterocycles. The summed E-state index contributed by atoms with van der Waals surface area (Å²) in [6, 6.07) is 1.84. The maximum absolute atomic E-state index is 11.1. The number of thiophene rings is 1. The van der Waals surface area contributed by atoms with Crippen molar-refractivity contribution >= 4 is 23.3 Å². The topological polar surface area (TPSA) is 46.5 Å². The zero-order valence-corrected chi connectivity index (χ0v) is 7.69. The Bertz CT molecular complexity index is 380. The molecule has 1 aromatic heterocycles. The number of rotatable bonds is 1. The van der Waals surface area contributed by atoms with E-state index in [0.29, 0.717) is 4.88 Å². The van der Waals surface area contributed by atoms with Crippen LogP contribution in [-0.4, -0.2) is 12.0 Å². The van der Waals surface area contributed by atoms with E-state index in [0.717, 1.165) is 12.8 Å². The van der Waals surface area contributed by atoms with Gasteiger partial charge in [0.2, 0.25) is 6.08 Å². The maximum atomic E-state index is 11.1. The van der Waals surface area contributed by atoms with Gasteiger partial charge in [-0.05, 0) is 30.9 Å². The van der Waals surface area contributed by atoms with Crippen molar-refractivity contribution in [2.75, 3.05) is 0 Å². The third-order valence-corrected chi connectivity index (χ3v) is 3.33. The lowest BCUT2D eigenvalue weighted by molar-refractivity contribution is 0.101. The van der Waals surface area contributed by atoms with Gasteiger partial charge in [0.1, 0.15) is 0 Å². The van der Waals surface area contributed by atoms with Crippen LogP contribution in [0.4, 0.5) is 0 Å². The molecular formula is C9H7NO2S. The lowest BCUT2D eigenvalue weighted by Gasteiger charge is -1.85. The summed E-state index contributed by atoms with van der Waals surface area (Å²) in [5, 5.41) is 0. The highest BCUT2D eigenvalue weighted by Gasteiger charge is 2.17. The standard InChI is InChI=1S/C9H7NO2S/c11-5-10-9(12)8-4-6-2-1-3-7(6)13-8/h4H,1-3H2. The second-order valence-corrected chi connectivity index (χ2v) is 4.06. The molecule has 0 aliphatic heterocycles. The molecule has 1 amide bonds. The smallest absolute Gasteiger partial charge is 0.265 e. The van der Waals surface area contributed by atoms with Crippen LogP contribution in [0.3, 0.4) is 0 Å². The lowest BCUT2D eigenvalue weighted by Crippen LogP contribution is -1.89. The first-order chi connectivity index (χ1) is 6.31. The van der Waals surface area contributed by atoms with E-state index >= 15 is 0 Å². The van der Waals surface area contributed by atoms with Gasteiger partial charge in [0.05, 0.1) is 4.88 Å². The molecule has 13 heavy (non-hydrogen) atoms. The second-order valence-electron chi connectivity index (χ2n) is 2.92. The van der Waals surface area contributed by atoms with Gasteiger partial charge in [0.25, 0.3) is 5.91 Å². The first-order valence-electron chi connectivity index (χ1n) is 4.05. The number of hydrogen-bond donors (Lipinski definition) is 0. The van der Waals surface area contributed by atoms with Gasteiger partial charge in [-0.1, -0.05) is 0 Å². The summed E-state index contributed by atoms with van der Waals surface area (Å²) in [7, 11) is 0.